The summed E-state index contributed by atoms with van der Waals surface area (Å²) >= 11 is 4.82. The van der Waals surface area contributed by atoms with Gasteiger partial charge >= 0.3 is 0 Å². The summed E-state index contributed by atoms with van der Waals surface area (Å²) in [6.07, 6.45) is 17.8. The van der Waals surface area contributed by atoms with Gasteiger partial charge < -0.3 is 14.5 Å². The molecular formula is C17H37O3PS. The first-order valence-electron chi connectivity index (χ1n) is 9.12. The van der Waals surface area contributed by atoms with Crippen molar-refractivity contribution < 1.29 is 14.5 Å². The maximum Gasteiger partial charge on any atom is 0.183 e. The lowest BCUT2D eigenvalue weighted by Gasteiger charge is -2.09. The van der Waals surface area contributed by atoms with Gasteiger partial charge in [-0.1, -0.05) is 77.0 Å². The van der Waals surface area contributed by atoms with Gasteiger partial charge in [-0.25, -0.2) is 0 Å². The Morgan fingerprint density at radius 2 is 1.00 bits per heavy atom. The Bertz CT molecular complexity index is 269. The molecule has 2 N–H and O–H groups in total. The number of unbranched alkanes of at least 4 members (excludes halogenated alkanes) is 13. The average Bonchev–Trinajstić information content (AvgIpc) is 2.45. The summed E-state index contributed by atoms with van der Waals surface area (Å²) in [6, 6.07) is 0. The van der Waals surface area contributed by atoms with Gasteiger partial charge in [0.2, 0.25) is 0 Å². The molecule has 3 nitrogen and oxygen atoms in total. The van der Waals surface area contributed by atoms with Gasteiger partial charge in [0.25, 0.3) is 0 Å². The zero-order chi connectivity index (χ0) is 16.5. The summed E-state index contributed by atoms with van der Waals surface area (Å²) in [6.45, 7) is 0.141. The second kappa shape index (κ2) is 16.4. The standard InChI is InChI=1S/C17H37O3PS/c1-21(19,22)20-17-15-13-11-9-7-5-3-2-4-6-8-10-12-14-16-18/h18H,2-17H2,1H3,(H,19,22). The summed E-state index contributed by atoms with van der Waals surface area (Å²) in [5, 5.41) is 8.68. The van der Waals surface area contributed by atoms with Crippen LogP contribution in [-0.2, 0) is 16.3 Å². The second-order valence-electron chi connectivity index (χ2n) is 6.31. The van der Waals surface area contributed by atoms with E-state index in [9.17, 15) is 4.89 Å². The highest BCUT2D eigenvalue weighted by Gasteiger charge is 2.02. The normalized spacial score (nSPS) is 14.1. The van der Waals surface area contributed by atoms with Gasteiger partial charge in [-0.3, -0.25) is 0 Å². The molecular weight excluding hydrogens is 315 g/mol. The number of hydrogen-bond acceptors (Lipinski definition) is 3. The first kappa shape index (κ1) is 22.5. The molecule has 0 spiro atoms. The first-order chi connectivity index (χ1) is 10.6. The molecule has 0 aliphatic heterocycles. The molecule has 22 heavy (non-hydrogen) atoms. The van der Waals surface area contributed by atoms with Crippen molar-refractivity contribution in [1.29, 1.82) is 0 Å². The molecule has 1 atom stereocenters. The summed E-state index contributed by atoms with van der Waals surface area (Å²) in [5.41, 5.74) is 0. The van der Waals surface area contributed by atoms with E-state index in [2.05, 4.69) is 0 Å². The van der Waals surface area contributed by atoms with Crippen LogP contribution in [-0.4, -0.2) is 29.9 Å². The molecule has 0 heterocycles. The van der Waals surface area contributed by atoms with Gasteiger partial charge in [0, 0.05) is 13.3 Å². The molecule has 0 saturated heterocycles. The van der Waals surface area contributed by atoms with E-state index in [1.165, 1.54) is 77.0 Å². The third-order valence-corrected chi connectivity index (χ3v) is 4.86. The predicted molar refractivity (Wildman–Crippen MR) is 100 cm³/mol. The number of aliphatic hydroxyl groups is 1. The van der Waals surface area contributed by atoms with Gasteiger partial charge in [-0.15, -0.1) is 0 Å². The highest BCUT2D eigenvalue weighted by atomic mass is 32.5. The van der Waals surface area contributed by atoms with Gasteiger partial charge in [-0.2, -0.15) is 0 Å². The van der Waals surface area contributed by atoms with Gasteiger partial charge in [0.1, 0.15) is 0 Å². The van der Waals surface area contributed by atoms with Crippen LogP contribution < -0.4 is 0 Å². The molecule has 0 aromatic rings. The fraction of sp³-hybridized carbons (Fsp3) is 1.00. The molecule has 0 fully saturated rings. The maximum absolute atomic E-state index is 9.33. The molecule has 0 rings (SSSR count). The Labute approximate surface area is 143 Å². The smallest absolute Gasteiger partial charge is 0.183 e. The van der Waals surface area contributed by atoms with Crippen LogP contribution in [0, 0.1) is 0 Å². The highest BCUT2D eigenvalue weighted by Crippen LogP contribution is 2.37. The lowest BCUT2D eigenvalue weighted by atomic mass is 10.0. The quantitative estimate of drug-likeness (QED) is 0.272. The Hall–Kier alpha value is 0.530. The minimum absolute atomic E-state index is 0.350. The molecule has 0 aliphatic rings. The third kappa shape index (κ3) is 20.5. The van der Waals surface area contributed by atoms with Crippen LogP contribution in [0.15, 0.2) is 0 Å². The topological polar surface area (TPSA) is 49.7 Å². The van der Waals surface area contributed by atoms with Crippen molar-refractivity contribution in [3.63, 3.8) is 0 Å². The summed E-state index contributed by atoms with van der Waals surface area (Å²) in [5.74, 6) is 0. The monoisotopic (exact) mass is 352 g/mol. The van der Waals surface area contributed by atoms with Crippen molar-refractivity contribution in [3.05, 3.63) is 0 Å². The minimum Gasteiger partial charge on any atom is -0.396 e. The van der Waals surface area contributed by atoms with Crippen LogP contribution in [0.5, 0.6) is 0 Å². The highest BCUT2D eigenvalue weighted by molar-refractivity contribution is 8.09. The second-order valence-corrected chi connectivity index (χ2v) is 10.2. The summed E-state index contributed by atoms with van der Waals surface area (Å²) in [7, 11) is 0. The molecule has 134 valence electrons. The third-order valence-electron chi connectivity index (χ3n) is 3.88. The lowest BCUT2D eigenvalue weighted by molar-refractivity contribution is 0.282. The van der Waals surface area contributed by atoms with Crippen molar-refractivity contribution in [1.82, 2.24) is 0 Å². The van der Waals surface area contributed by atoms with Crippen molar-refractivity contribution >= 4 is 18.3 Å². The average molecular weight is 353 g/mol. The van der Waals surface area contributed by atoms with Crippen molar-refractivity contribution in [2.75, 3.05) is 19.9 Å². The van der Waals surface area contributed by atoms with E-state index in [0.29, 0.717) is 13.2 Å². The molecule has 5 heteroatoms. The van der Waals surface area contributed by atoms with Crippen LogP contribution in [0.4, 0.5) is 0 Å². The zero-order valence-electron chi connectivity index (χ0n) is 14.5. The number of aliphatic hydroxyl groups excluding tert-OH is 1. The fourth-order valence-corrected chi connectivity index (χ4v) is 3.26. The predicted octanol–water partition coefficient (Wildman–Crippen LogP) is 5.39. The number of rotatable bonds is 17. The van der Waals surface area contributed by atoms with Crippen LogP contribution >= 0.6 is 6.49 Å². The molecule has 0 bridgehead atoms. The Morgan fingerprint density at radius 3 is 1.32 bits per heavy atom. The Kier molecular flexibility index (Phi) is 16.8. The van der Waals surface area contributed by atoms with E-state index in [-0.39, 0.29) is 0 Å². The van der Waals surface area contributed by atoms with Crippen LogP contribution in [0.25, 0.3) is 0 Å². The van der Waals surface area contributed by atoms with Gasteiger partial charge in [0.15, 0.2) is 6.49 Å². The molecule has 1 unspecified atom stereocenters. The van der Waals surface area contributed by atoms with Crippen molar-refractivity contribution in [3.8, 4) is 0 Å². The van der Waals surface area contributed by atoms with Crippen molar-refractivity contribution in [2.45, 2.75) is 89.9 Å². The van der Waals surface area contributed by atoms with E-state index in [0.717, 1.165) is 12.8 Å². The zero-order valence-corrected chi connectivity index (χ0v) is 16.2. The molecule has 0 saturated carbocycles. The van der Waals surface area contributed by atoms with Gasteiger partial charge in [0.05, 0.1) is 6.61 Å². The van der Waals surface area contributed by atoms with Crippen LogP contribution in [0.2, 0.25) is 0 Å². The van der Waals surface area contributed by atoms with Gasteiger partial charge in [-0.05, 0) is 24.6 Å². The summed E-state index contributed by atoms with van der Waals surface area (Å²) < 4.78 is 5.21. The molecule has 0 aromatic carbocycles. The molecule has 0 aliphatic carbocycles. The molecule has 0 radical (unpaired) electrons. The Morgan fingerprint density at radius 1 is 0.682 bits per heavy atom. The largest absolute Gasteiger partial charge is 0.396 e. The SMILES string of the molecule is CP(O)(=S)OCCCCCCCCCCCCCCCCO. The first-order valence-corrected chi connectivity index (χ1v) is 12.2. The van der Waals surface area contributed by atoms with Crippen LogP contribution in [0.3, 0.4) is 0 Å². The van der Waals surface area contributed by atoms with E-state index in [1.807, 2.05) is 0 Å². The summed E-state index contributed by atoms with van der Waals surface area (Å²) in [4.78, 5) is 9.33. The number of hydrogen-bond donors (Lipinski definition) is 2. The molecule has 0 amide bonds. The maximum atomic E-state index is 9.33. The fourth-order valence-electron chi connectivity index (χ4n) is 2.57. The molecule has 0 aromatic heterocycles. The minimum atomic E-state index is -2.43. The Balaban J connectivity index is 3.01. The van der Waals surface area contributed by atoms with E-state index < -0.39 is 6.49 Å². The van der Waals surface area contributed by atoms with Crippen molar-refractivity contribution in [2.24, 2.45) is 0 Å². The van der Waals surface area contributed by atoms with E-state index in [1.54, 1.807) is 6.66 Å². The lowest BCUT2D eigenvalue weighted by Crippen LogP contribution is -1.91. The van der Waals surface area contributed by atoms with E-state index in [4.69, 9.17) is 21.4 Å². The van der Waals surface area contributed by atoms with Crippen LogP contribution in [0.1, 0.15) is 89.9 Å². The van der Waals surface area contributed by atoms with E-state index >= 15 is 0 Å².